The van der Waals surface area contributed by atoms with E-state index in [1.807, 2.05) is 0 Å². The van der Waals surface area contributed by atoms with Crippen LogP contribution >= 0.6 is 0 Å². The van der Waals surface area contributed by atoms with Gasteiger partial charge in [-0.2, -0.15) is 0 Å². The van der Waals surface area contributed by atoms with Crippen molar-refractivity contribution in [3.05, 3.63) is 259 Å². The van der Waals surface area contributed by atoms with Crippen LogP contribution in [0.3, 0.4) is 0 Å². The summed E-state index contributed by atoms with van der Waals surface area (Å²) >= 11 is 0. The lowest BCUT2D eigenvalue weighted by molar-refractivity contribution is 0.727. The summed E-state index contributed by atoms with van der Waals surface area (Å²) in [5, 5.41) is 7.53. The maximum atomic E-state index is 2.45. The predicted molar refractivity (Wildman–Crippen MR) is 272 cm³/mol. The molecule has 1 heteroatoms. The number of aryl methyl sites for hydroxylation is 1. The number of rotatable bonds is 7. The van der Waals surface area contributed by atoms with Crippen molar-refractivity contribution in [2.45, 2.75) is 18.8 Å². The Balaban J connectivity index is 1.07. The Morgan fingerprint density at radius 3 is 1.62 bits per heavy atom. The summed E-state index contributed by atoms with van der Waals surface area (Å²) in [6, 6.07) is 89.8. The van der Waals surface area contributed by atoms with Gasteiger partial charge in [0, 0.05) is 23.0 Å². The summed E-state index contributed by atoms with van der Waals surface area (Å²) in [4.78, 5) is 2.41. The van der Waals surface area contributed by atoms with E-state index in [-0.39, 0.29) is 5.92 Å². The van der Waals surface area contributed by atoms with Crippen LogP contribution in [0.4, 0.5) is 17.1 Å². The Bertz CT molecular complexity index is 3500. The Morgan fingerprint density at radius 1 is 0.297 bits per heavy atom. The van der Waals surface area contributed by atoms with Crippen LogP contribution in [-0.4, -0.2) is 0 Å². The zero-order valence-electron chi connectivity index (χ0n) is 35.5. The van der Waals surface area contributed by atoms with Crippen molar-refractivity contribution in [3.8, 4) is 44.5 Å². The van der Waals surface area contributed by atoms with E-state index in [0.717, 1.165) is 29.9 Å². The molecule has 1 aliphatic rings. The van der Waals surface area contributed by atoms with Gasteiger partial charge in [-0.05, 0) is 149 Å². The highest BCUT2D eigenvalue weighted by Crippen LogP contribution is 2.48. The minimum Gasteiger partial charge on any atom is -0.310 e. The second-order valence-electron chi connectivity index (χ2n) is 17.1. The quantitative estimate of drug-likeness (QED) is 0.145. The van der Waals surface area contributed by atoms with Crippen LogP contribution in [0, 0.1) is 0 Å². The fourth-order valence-corrected chi connectivity index (χ4v) is 10.6. The number of benzene rings is 11. The number of para-hydroxylation sites is 1. The van der Waals surface area contributed by atoms with E-state index in [2.05, 4.69) is 248 Å². The van der Waals surface area contributed by atoms with Gasteiger partial charge in [0.25, 0.3) is 0 Å². The van der Waals surface area contributed by atoms with Crippen molar-refractivity contribution in [2.75, 3.05) is 4.90 Å². The minimum atomic E-state index is 0.224. The first kappa shape index (κ1) is 37.7. The number of hydrogen-bond acceptors (Lipinski definition) is 1. The molecule has 0 amide bonds. The molecule has 0 spiro atoms. The van der Waals surface area contributed by atoms with E-state index in [4.69, 9.17) is 0 Å². The standard InChI is InChI=1S/C63H45N/c1-2-21-47(22-3-1)64(48-36-33-45(34-37-48)51-32-16-20-43-17-4-7-23-50(43)51)49-38-40-61(63(42-49)62-41-46-19-6-9-25-53(46)55-27-11-15-31-59(55)62)58-30-14-13-29-57(58)60-39-35-44-18-5-8-24-52(44)54-26-10-12-28-56(54)60/h1-34,36-38,40-42,60H,35,39H2. The van der Waals surface area contributed by atoms with E-state index in [1.54, 1.807) is 0 Å². The SMILES string of the molecule is c1ccc(N(c2ccc(-c3cccc4ccccc34)cc2)c2ccc(-c3ccccc3C3CCc4ccccc4-c4ccccc43)c(-c3cc4ccccc4c4ccccc34)c2)cc1. The molecule has 11 aromatic carbocycles. The molecule has 1 atom stereocenters. The van der Waals surface area contributed by atoms with Gasteiger partial charge in [0.15, 0.2) is 0 Å². The molecule has 64 heavy (non-hydrogen) atoms. The van der Waals surface area contributed by atoms with E-state index >= 15 is 0 Å². The molecule has 0 heterocycles. The predicted octanol–water partition coefficient (Wildman–Crippen LogP) is 17.4. The van der Waals surface area contributed by atoms with Gasteiger partial charge in [-0.25, -0.2) is 0 Å². The van der Waals surface area contributed by atoms with Crippen LogP contribution < -0.4 is 4.90 Å². The van der Waals surface area contributed by atoms with E-state index < -0.39 is 0 Å². The summed E-state index contributed by atoms with van der Waals surface area (Å²) in [6.45, 7) is 0. The smallest absolute Gasteiger partial charge is 0.0468 e. The summed E-state index contributed by atoms with van der Waals surface area (Å²) in [5.74, 6) is 0.224. The van der Waals surface area contributed by atoms with Crippen LogP contribution in [0.25, 0.3) is 76.8 Å². The maximum absolute atomic E-state index is 2.45. The first-order valence-electron chi connectivity index (χ1n) is 22.5. The fraction of sp³-hybridized carbons (Fsp3) is 0.0476. The highest BCUT2D eigenvalue weighted by molar-refractivity contribution is 6.15. The number of anilines is 3. The van der Waals surface area contributed by atoms with Gasteiger partial charge in [0.2, 0.25) is 0 Å². The summed E-state index contributed by atoms with van der Waals surface area (Å²) in [5.41, 5.74) is 17.6. The topological polar surface area (TPSA) is 3.24 Å². The molecule has 12 rings (SSSR count). The van der Waals surface area contributed by atoms with Crippen LogP contribution in [0.5, 0.6) is 0 Å². The Kier molecular flexibility index (Phi) is 9.46. The monoisotopic (exact) mass is 815 g/mol. The fourth-order valence-electron chi connectivity index (χ4n) is 10.6. The Morgan fingerprint density at radius 2 is 0.844 bits per heavy atom. The summed E-state index contributed by atoms with van der Waals surface area (Å²) < 4.78 is 0. The largest absolute Gasteiger partial charge is 0.310 e. The summed E-state index contributed by atoms with van der Waals surface area (Å²) in [6.07, 6.45) is 2.06. The number of hydrogen-bond donors (Lipinski definition) is 0. The molecule has 0 saturated heterocycles. The Labute approximate surface area is 375 Å². The molecular formula is C63H45N. The van der Waals surface area contributed by atoms with E-state index in [1.165, 1.54) is 93.5 Å². The third-order valence-corrected chi connectivity index (χ3v) is 13.5. The zero-order chi connectivity index (χ0) is 42.4. The molecule has 0 aromatic heterocycles. The molecule has 0 bridgehead atoms. The number of fused-ring (bicyclic) bond motifs is 7. The Hall–Kier alpha value is -8.00. The molecule has 1 aliphatic carbocycles. The first-order valence-corrected chi connectivity index (χ1v) is 22.5. The van der Waals surface area contributed by atoms with Crippen molar-refractivity contribution in [1.29, 1.82) is 0 Å². The molecule has 0 N–H and O–H groups in total. The molecule has 1 unspecified atom stereocenters. The van der Waals surface area contributed by atoms with Gasteiger partial charge >= 0.3 is 0 Å². The average molecular weight is 816 g/mol. The van der Waals surface area contributed by atoms with Gasteiger partial charge in [-0.15, -0.1) is 0 Å². The third-order valence-electron chi connectivity index (χ3n) is 13.5. The minimum absolute atomic E-state index is 0.224. The van der Waals surface area contributed by atoms with Gasteiger partial charge in [0.1, 0.15) is 0 Å². The highest BCUT2D eigenvalue weighted by atomic mass is 15.1. The number of nitrogens with zero attached hydrogens (tertiary/aromatic N) is 1. The lowest BCUT2D eigenvalue weighted by Crippen LogP contribution is -2.10. The van der Waals surface area contributed by atoms with Crippen molar-refractivity contribution in [1.82, 2.24) is 0 Å². The van der Waals surface area contributed by atoms with Crippen molar-refractivity contribution >= 4 is 49.4 Å². The summed E-state index contributed by atoms with van der Waals surface area (Å²) in [7, 11) is 0. The van der Waals surface area contributed by atoms with Gasteiger partial charge in [-0.3, -0.25) is 0 Å². The average Bonchev–Trinajstić information content (AvgIpc) is 3.54. The molecule has 11 aromatic rings. The van der Waals surface area contributed by atoms with Crippen LogP contribution in [0.2, 0.25) is 0 Å². The molecule has 0 radical (unpaired) electrons. The molecule has 0 fully saturated rings. The highest BCUT2D eigenvalue weighted by Gasteiger charge is 2.27. The second-order valence-corrected chi connectivity index (χ2v) is 17.1. The normalized spacial score (nSPS) is 13.3. The first-order chi connectivity index (χ1) is 31.8. The molecule has 0 saturated carbocycles. The lowest BCUT2D eigenvalue weighted by atomic mass is 9.80. The van der Waals surface area contributed by atoms with Crippen LogP contribution in [0.15, 0.2) is 243 Å². The van der Waals surface area contributed by atoms with Crippen molar-refractivity contribution < 1.29 is 0 Å². The van der Waals surface area contributed by atoms with Gasteiger partial charge in [0.05, 0.1) is 0 Å². The van der Waals surface area contributed by atoms with Gasteiger partial charge < -0.3 is 4.90 Å². The second kappa shape index (κ2) is 16.0. The van der Waals surface area contributed by atoms with Crippen molar-refractivity contribution in [3.63, 3.8) is 0 Å². The van der Waals surface area contributed by atoms with Crippen LogP contribution in [-0.2, 0) is 6.42 Å². The molecule has 1 nitrogen and oxygen atoms in total. The zero-order valence-corrected chi connectivity index (χ0v) is 35.5. The van der Waals surface area contributed by atoms with E-state index in [9.17, 15) is 0 Å². The molecular weight excluding hydrogens is 771 g/mol. The third kappa shape index (κ3) is 6.57. The van der Waals surface area contributed by atoms with E-state index in [0.29, 0.717) is 0 Å². The lowest BCUT2D eigenvalue weighted by Gasteiger charge is -2.28. The molecule has 302 valence electrons. The maximum Gasteiger partial charge on any atom is 0.0468 e. The molecule has 0 aliphatic heterocycles. The van der Waals surface area contributed by atoms with Crippen molar-refractivity contribution in [2.24, 2.45) is 0 Å². The van der Waals surface area contributed by atoms with Gasteiger partial charge in [-0.1, -0.05) is 200 Å². The van der Waals surface area contributed by atoms with Crippen LogP contribution in [0.1, 0.15) is 29.0 Å².